The third-order valence-electron chi connectivity index (χ3n) is 4.29. The quantitative estimate of drug-likeness (QED) is 0.539. The van der Waals surface area contributed by atoms with E-state index in [0.717, 1.165) is 5.69 Å². The zero-order valence-electron chi connectivity index (χ0n) is 14.2. The van der Waals surface area contributed by atoms with Crippen LogP contribution in [0.3, 0.4) is 0 Å². The molecular formula is C21H15ClFN3O. The Kier molecular flexibility index (Phi) is 4.60. The fourth-order valence-electron chi connectivity index (χ4n) is 3.08. The fourth-order valence-corrected chi connectivity index (χ4v) is 3.26. The molecule has 0 unspecified atom stereocenters. The molecule has 4 aromatic rings. The number of para-hydroxylation sites is 1. The molecule has 0 fully saturated rings. The Balaban J connectivity index is 1.87. The Morgan fingerprint density at radius 3 is 2.67 bits per heavy atom. The van der Waals surface area contributed by atoms with Crippen molar-refractivity contribution in [2.45, 2.75) is 6.54 Å². The summed E-state index contributed by atoms with van der Waals surface area (Å²) in [6.45, 7) is 0.335. The molecule has 0 saturated heterocycles. The fraction of sp³-hybridized carbons (Fsp3) is 0.0476. The van der Waals surface area contributed by atoms with Crippen LogP contribution >= 0.6 is 11.6 Å². The number of aromatic nitrogens is 2. The number of pyridine rings is 2. The van der Waals surface area contributed by atoms with E-state index in [1.807, 2.05) is 41.3 Å². The lowest BCUT2D eigenvalue weighted by Crippen LogP contribution is -2.19. The second kappa shape index (κ2) is 7.21. The number of aromatic amines is 1. The highest BCUT2D eigenvalue weighted by molar-refractivity contribution is 6.30. The number of H-pyrrole nitrogens is 1. The predicted molar refractivity (Wildman–Crippen MR) is 106 cm³/mol. The molecule has 0 atom stereocenters. The van der Waals surface area contributed by atoms with Crippen LogP contribution in [0.15, 0.2) is 77.7 Å². The monoisotopic (exact) mass is 379 g/mol. The summed E-state index contributed by atoms with van der Waals surface area (Å²) in [5, 5.41) is 1.24. The molecule has 0 amide bonds. The van der Waals surface area contributed by atoms with Crippen molar-refractivity contribution >= 4 is 34.0 Å². The molecule has 0 spiro atoms. The van der Waals surface area contributed by atoms with Crippen molar-refractivity contribution in [3.05, 3.63) is 99.7 Å². The largest absolute Gasteiger partial charge is 0.322 e. The van der Waals surface area contributed by atoms with Crippen molar-refractivity contribution in [1.82, 2.24) is 9.97 Å². The lowest BCUT2D eigenvalue weighted by atomic mass is 10.1. The van der Waals surface area contributed by atoms with Crippen molar-refractivity contribution in [3.8, 4) is 0 Å². The Bertz CT molecular complexity index is 1160. The first-order valence-corrected chi connectivity index (χ1v) is 8.74. The second-order valence-corrected chi connectivity index (χ2v) is 6.51. The van der Waals surface area contributed by atoms with Gasteiger partial charge in [0.1, 0.15) is 11.6 Å². The van der Waals surface area contributed by atoms with Crippen LogP contribution in [0.4, 0.5) is 15.9 Å². The normalized spacial score (nSPS) is 10.9. The molecule has 0 bridgehead atoms. The van der Waals surface area contributed by atoms with E-state index < -0.39 is 5.82 Å². The van der Waals surface area contributed by atoms with Gasteiger partial charge in [0.15, 0.2) is 0 Å². The number of nitrogens with one attached hydrogen (secondary N) is 1. The summed E-state index contributed by atoms with van der Waals surface area (Å²) in [7, 11) is 0. The van der Waals surface area contributed by atoms with E-state index in [0.29, 0.717) is 28.3 Å². The molecule has 0 aliphatic heterocycles. The van der Waals surface area contributed by atoms with Gasteiger partial charge in [-0.2, -0.15) is 0 Å². The van der Waals surface area contributed by atoms with Gasteiger partial charge in [-0.25, -0.2) is 9.37 Å². The highest BCUT2D eigenvalue weighted by atomic mass is 35.5. The van der Waals surface area contributed by atoms with Crippen molar-refractivity contribution in [2.24, 2.45) is 0 Å². The number of benzene rings is 2. The zero-order chi connectivity index (χ0) is 18.8. The Morgan fingerprint density at radius 2 is 1.89 bits per heavy atom. The standard InChI is InChI=1S/C21H15ClFN3O/c22-15-5-3-6-16(12-15)26(19-9-1-2-10-24-19)13-14-11-20(27)25-21-17(14)7-4-8-18(21)23/h1-12H,13H2,(H,25,27). The third-order valence-corrected chi connectivity index (χ3v) is 4.52. The number of hydrogen-bond acceptors (Lipinski definition) is 3. The van der Waals surface area contributed by atoms with Gasteiger partial charge in [-0.3, -0.25) is 4.79 Å². The lowest BCUT2D eigenvalue weighted by molar-refractivity contribution is 0.636. The van der Waals surface area contributed by atoms with E-state index >= 15 is 0 Å². The number of hydrogen-bond donors (Lipinski definition) is 1. The summed E-state index contributed by atoms with van der Waals surface area (Å²) < 4.78 is 14.2. The maximum atomic E-state index is 14.2. The van der Waals surface area contributed by atoms with E-state index in [4.69, 9.17) is 11.6 Å². The SMILES string of the molecule is O=c1cc(CN(c2cccc(Cl)c2)c2ccccn2)c2cccc(F)c2[nH]1. The van der Waals surface area contributed by atoms with Crippen LogP contribution in [0.1, 0.15) is 5.56 Å². The number of fused-ring (bicyclic) bond motifs is 1. The van der Waals surface area contributed by atoms with E-state index in [1.165, 1.54) is 12.1 Å². The Morgan fingerprint density at radius 1 is 1.04 bits per heavy atom. The summed E-state index contributed by atoms with van der Waals surface area (Å²) in [4.78, 5) is 21.0. The van der Waals surface area contributed by atoms with Crippen LogP contribution in [0.2, 0.25) is 5.02 Å². The van der Waals surface area contributed by atoms with Gasteiger partial charge in [-0.15, -0.1) is 0 Å². The molecule has 134 valence electrons. The topological polar surface area (TPSA) is 49.0 Å². The first-order valence-electron chi connectivity index (χ1n) is 8.36. The Labute approximate surface area is 159 Å². The van der Waals surface area contributed by atoms with Gasteiger partial charge in [-0.05, 0) is 42.0 Å². The van der Waals surface area contributed by atoms with Crippen LogP contribution in [0.25, 0.3) is 10.9 Å². The molecule has 2 aromatic carbocycles. The number of nitrogens with zero attached hydrogens (tertiary/aromatic N) is 2. The number of rotatable bonds is 4. The highest BCUT2D eigenvalue weighted by Crippen LogP contribution is 2.29. The van der Waals surface area contributed by atoms with Crippen LogP contribution in [0, 0.1) is 5.82 Å². The minimum absolute atomic E-state index is 0.201. The van der Waals surface area contributed by atoms with Gasteiger partial charge < -0.3 is 9.88 Å². The van der Waals surface area contributed by atoms with Gasteiger partial charge in [0, 0.05) is 28.4 Å². The van der Waals surface area contributed by atoms with Gasteiger partial charge in [-0.1, -0.05) is 35.9 Å². The molecule has 0 aliphatic rings. The third kappa shape index (κ3) is 3.55. The maximum absolute atomic E-state index is 14.2. The summed E-state index contributed by atoms with van der Waals surface area (Å²) in [6, 6.07) is 19.2. The summed E-state index contributed by atoms with van der Waals surface area (Å²) >= 11 is 6.17. The molecular weight excluding hydrogens is 365 g/mol. The summed E-state index contributed by atoms with van der Waals surface area (Å²) in [6.07, 6.45) is 1.70. The first-order chi connectivity index (χ1) is 13.1. The van der Waals surface area contributed by atoms with Crippen molar-refractivity contribution in [1.29, 1.82) is 0 Å². The molecule has 4 rings (SSSR count). The number of anilines is 2. The van der Waals surface area contributed by atoms with Gasteiger partial charge in [0.05, 0.1) is 12.1 Å². The van der Waals surface area contributed by atoms with E-state index in [2.05, 4.69) is 9.97 Å². The van der Waals surface area contributed by atoms with Crippen LogP contribution in [0.5, 0.6) is 0 Å². The van der Waals surface area contributed by atoms with Crippen LogP contribution < -0.4 is 10.5 Å². The number of halogens is 2. The van der Waals surface area contributed by atoms with Crippen LogP contribution in [-0.2, 0) is 6.54 Å². The molecule has 1 N–H and O–H groups in total. The van der Waals surface area contributed by atoms with E-state index in [-0.39, 0.29) is 11.1 Å². The average Bonchev–Trinajstić information content (AvgIpc) is 2.67. The van der Waals surface area contributed by atoms with Gasteiger partial charge in [0.25, 0.3) is 0 Å². The second-order valence-electron chi connectivity index (χ2n) is 6.08. The Hall–Kier alpha value is -3.18. The first kappa shape index (κ1) is 17.2. The van der Waals surface area contributed by atoms with E-state index in [1.54, 1.807) is 24.4 Å². The molecule has 0 aliphatic carbocycles. The van der Waals surface area contributed by atoms with Gasteiger partial charge in [0.2, 0.25) is 5.56 Å². The molecule has 6 heteroatoms. The minimum Gasteiger partial charge on any atom is -0.322 e. The summed E-state index contributed by atoms with van der Waals surface area (Å²) in [5.41, 5.74) is 1.37. The van der Waals surface area contributed by atoms with E-state index in [9.17, 15) is 9.18 Å². The minimum atomic E-state index is -0.460. The average molecular weight is 380 g/mol. The molecule has 27 heavy (non-hydrogen) atoms. The maximum Gasteiger partial charge on any atom is 0.248 e. The predicted octanol–water partition coefficient (Wildman–Crippen LogP) is 5.05. The zero-order valence-corrected chi connectivity index (χ0v) is 14.9. The van der Waals surface area contributed by atoms with Gasteiger partial charge >= 0.3 is 0 Å². The van der Waals surface area contributed by atoms with Crippen molar-refractivity contribution in [3.63, 3.8) is 0 Å². The molecule has 0 saturated carbocycles. The molecule has 2 heterocycles. The van der Waals surface area contributed by atoms with Crippen LogP contribution in [-0.4, -0.2) is 9.97 Å². The smallest absolute Gasteiger partial charge is 0.248 e. The molecule has 4 nitrogen and oxygen atoms in total. The van der Waals surface area contributed by atoms with Crippen molar-refractivity contribution in [2.75, 3.05) is 4.90 Å². The molecule has 2 aromatic heterocycles. The molecule has 0 radical (unpaired) electrons. The highest BCUT2D eigenvalue weighted by Gasteiger charge is 2.15. The summed E-state index contributed by atoms with van der Waals surface area (Å²) in [5.74, 6) is 0.239. The lowest BCUT2D eigenvalue weighted by Gasteiger charge is -2.24. The van der Waals surface area contributed by atoms with Crippen molar-refractivity contribution < 1.29 is 4.39 Å².